The van der Waals surface area contributed by atoms with Gasteiger partial charge in [0.1, 0.15) is 5.71 Å². The van der Waals surface area contributed by atoms with Crippen molar-refractivity contribution in [3.8, 4) is 5.75 Å². The molecule has 0 aliphatic heterocycles. The number of nitro groups is 2. The van der Waals surface area contributed by atoms with Gasteiger partial charge in [-0.1, -0.05) is 30.3 Å². The Kier molecular flexibility index (Phi) is 4.16. The van der Waals surface area contributed by atoms with Crippen LogP contribution in [0.2, 0.25) is 0 Å². The second-order valence-electron chi connectivity index (χ2n) is 4.31. The average Bonchev–Trinajstić information content (AvgIpc) is 2.50. The largest absolute Gasteiger partial charge is 0.502 e. The molecule has 0 saturated heterocycles. The molecule has 0 atom stereocenters. The normalized spacial score (nSPS) is 11.3. The van der Waals surface area contributed by atoms with E-state index in [2.05, 4.69) is 5.10 Å². The number of rotatable bonds is 4. The summed E-state index contributed by atoms with van der Waals surface area (Å²) in [4.78, 5) is 19.4. The van der Waals surface area contributed by atoms with E-state index in [4.69, 9.17) is 5.84 Å². The minimum Gasteiger partial charge on any atom is -0.502 e. The van der Waals surface area contributed by atoms with Gasteiger partial charge in [0.05, 0.1) is 15.4 Å². The summed E-state index contributed by atoms with van der Waals surface area (Å²) in [6, 6.07) is 8.57. The highest BCUT2D eigenvalue weighted by Crippen LogP contribution is 2.39. The number of hydrogen-bond donors (Lipinski definition) is 2. The van der Waals surface area contributed by atoms with Crippen molar-refractivity contribution in [1.29, 1.82) is 0 Å². The number of benzene rings is 2. The van der Waals surface area contributed by atoms with Crippen LogP contribution in [0.5, 0.6) is 5.75 Å². The number of nitro benzene ring substituents is 2. The van der Waals surface area contributed by atoms with Crippen LogP contribution in [0.25, 0.3) is 0 Å². The van der Waals surface area contributed by atoms with E-state index in [1.165, 1.54) is 12.1 Å². The van der Waals surface area contributed by atoms with E-state index in [1.807, 2.05) is 0 Å². The highest BCUT2D eigenvalue weighted by molar-refractivity contribution is 6.15. The molecule has 0 aliphatic rings. The topological polar surface area (TPSA) is 145 Å². The quantitative estimate of drug-likeness (QED) is 0.381. The SMILES string of the molecule is N/N=C(\c1ccccc1)c1cc([N+](=O)[O-])c(F)c([N+](=O)[O-])c1O. The van der Waals surface area contributed by atoms with Gasteiger partial charge in [0, 0.05) is 11.6 Å². The fourth-order valence-electron chi connectivity index (χ4n) is 2.00. The van der Waals surface area contributed by atoms with Crippen LogP contribution < -0.4 is 5.84 Å². The van der Waals surface area contributed by atoms with Gasteiger partial charge in [0.25, 0.3) is 5.82 Å². The number of phenols is 1. The Bertz CT molecular complexity index is 823. The average molecular weight is 320 g/mol. The number of phenolic OH excluding ortho intramolecular Hbond substituents is 1. The maximum atomic E-state index is 13.9. The van der Waals surface area contributed by atoms with Crippen LogP contribution in [0.15, 0.2) is 41.5 Å². The summed E-state index contributed by atoms with van der Waals surface area (Å²) < 4.78 is 13.9. The smallest absolute Gasteiger partial charge is 0.353 e. The Labute approximate surface area is 127 Å². The molecule has 2 rings (SSSR count). The van der Waals surface area contributed by atoms with Crippen molar-refractivity contribution in [2.75, 3.05) is 0 Å². The molecule has 0 spiro atoms. The Morgan fingerprint density at radius 2 is 1.78 bits per heavy atom. The van der Waals surface area contributed by atoms with Gasteiger partial charge >= 0.3 is 11.4 Å². The first-order valence-corrected chi connectivity index (χ1v) is 6.06. The molecule has 0 heterocycles. The molecule has 2 aromatic rings. The Morgan fingerprint density at radius 3 is 2.26 bits per heavy atom. The van der Waals surface area contributed by atoms with E-state index in [0.717, 1.165) is 0 Å². The summed E-state index contributed by atoms with van der Waals surface area (Å²) in [5, 5.41) is 35.2. The first-order valence-electron chi connectivity index (χ1n) is 6.06. The van der Waals surface area contributed by atoms with Crippen molar-refractivity contribution in [2.45, 2.75) is 0 Å². The van der Waals surface area contributed by atoms with Gasteiger partial charge in [-0.3, -0.25) is 20.2 Å². The molecule has 2 aromatic carbocycles. The van der Waals surface area contributed by atoms with Crippen molar-refractivity contribution >= 4 is 17.1 Å². The Morgan fingerprint density at radius 1 is 1.17 bits per heavy atom. The molecule has 9 nitrogen and oxygen atoms in total. The van der Waals surface area contributed by atoms with Gasteiger partial charge in [-0.2, -0.15) is 9.49 Å². The zero-order valence-electron chi connectivity index (χ0n) is 11.3. The van der Waals surface area contributed by atoms with Gasteiger partial charge in [0.15, 0.2) is 0 Å². The number of nitrogens with two attached hydrogens (primary N) is 1. The molecular formula is C13H9FN4O5. The van der Waals surface area contributed by atoms with Gasteiger partial charge < -0.3 is 10.9 Å². The number of hydrazone groups is 1. The van der Waals surface area contributed by atoms with Crippen molar-refractivity contribution in [3.63, 3.8) is 0 Å². The molecule has 0 unspecified atom stereocenters. The summed E-state index contributed by atoms with van der Waals surface area (Å²) in [5.41, 5.74) is -2.82. The molecule has 0 fully saturated rings. The van der Waals surface area contributed by atoms with Crippen LogP contribution in [0, 0.1) is 26.0 Å². The predicted octanol–water partition coefficient (Wildman–Crippen LogP) is 2.06. The summed E-state index contributed by atoms with van der Waals surface area (Å²) in [5.74, 6) is 2.40. The standard InChI is InChI=1S/C13H9FN4O5/c14-10-9(17(20)21)6-8(13(19)12(10)18(22)23)11(16-15)7-4-2-1-3-5-7/h1-6,19H,15H2/b16-11+. The van der Waals surface area contributed by atoms with Crippen LogP contribution >= 0.6 is 0 Å². The summed E-state index contributed by atoms with van der Waals surface area (Å²) in [7, 11) is 0. The fourth-order valence-corrected chi connectivity index (χ4v) is 2.00. The number of halogens is 1. The highest BCUT2D eigenvalue weighted by Gasteiger charge is 2.34. The van der Waals surface area contributed by atoms with Crippen LogP contribution in [-0.2, 0) is 0 Å². The van der Waals surface area contributed by atoms with Crippen molar-refractivity contribution < 1.29 is 19.3 Å². The molecule has 3 N–H and O–H groups in total. The maximum Gasteiger partial charge on any atom is 0.353 e. The van der Waals surface area contributed by atoms with Gasteiger partial charge in [-0.25, -0.2) is 0 Å². The molecule has 118 valence electrons. The molecule has 0 amide bonds. The molecule has 23 heavy (non-hydrogen) atoms. The zero-order chi connectivity index (χ0) is 17.1. The third-order valence-electron chi connectivity index (χ3n) is 3.00. The molecule has 0 bridgehead atoms. The lowest BCUT2D eigenvalue weighted by atomic mass is 9.99. The van der Waals surface area contributed by atoms with Crippen molar-refractivity contribution in [1.82, 2.24) is 0 Å². The monoisotopic (exact) mass is 320 g/mol. The van der Waals surface area contributed by atoms with E-state index >= 15 is 0 Å². The molecule has 0 aromatic heterocycles. The van der Waals surface area contributed by atoms with E-state index in [-0.39, 0.29) is 5.71 Å². The second kappa shape index (κ2) is 6.05. The highest BCUT2D eigenvalue weighted by atomic mass is 19.1. The van der Waals surface area contributed by atoms with E-state index < -0.39 is 38.4 Å². The molecular weight excluding hydrogens is 311 g/mol. The fraction of sp³-hybridized carbons (Fsp3) is 0. The number of aromatic hydroxyl groups is 1. The van der Waals surface area contributed by atoms with Crippen LogP contribution in [-0.4, -0.2) is 20.7 Å². The summed E-state index contributed by atoms with van der Waals surface area (Å²) >= 11 is 0. The molecule has 0 aliphatic carbocycles. The number of nitrogens with zero attached hydrogens (tertiary/aromatic N) is 3. The van der Waals surface area contributed by atoms with Crippen molar-refractivity contribution in [3.05, 3.63) is 73.6 Å². The minimum absolute atomic E-state index is 0.158. The van der Waals surface area contributed by atoms with Crippen molar-refractivity contribution in [2.24, 2.45) is 10.9 Å². The molecule has 0 radical (unpaired) electrons. The lowest BCUT2D eigenvalue weighted by molar-refractivity contribution is -0.399. The van der Waals surface area contributed by atoms with E-state index in [0.29, 0.717) is 11.6 Å². The van der Waals surface area contributed by atoms with Gasteiger partial charge in [0.2, 0.25) is 5.75 Å². The summed E-state index contributed by atoms with van der Waals surface area (Å²) in [6.07, 6.45) is 0. The predicted molar refractivity (Wildman–Crippen MR) is 77.6 cm³/mol. The van der Waals surface area contributed by atoms with Crippen LogP contribution in [0.1, 0.15) is 11.1 Å². The van der Waals surface area contributed by atoms with E-state index in [1.54, 1.807) is 18.2 Å². The third kappa shape index (κ3) is 2.77. The first-order chi connectivity index (χ1) is 10.9. The molecule has 0 saturated carbocycles. The lowest BCUT2D eigenvalue weighted by Gasteiger charge is -2.09. The Hall–Kier alpha value is -3.56. The maximum absolute atomic E-state index is 13.9. The van der Waals surface area contributed by atoms with Crippen LogP contribution in [0.4, 0.5) is 15.8 Å². The molecule has 10 heteroatoms. The van der Waals surface area contributed by atoms with E-state index in [9.17, 15) is 29.7 Å². The second-order valence-corrected chi connectivity index (χ2v) is 4.31. The first kappa shape index (κ1) is 15.8. The number of hydrogen-bond acceptors (Lipinski definition) is 7. The summed E-state index contributed by atoms with van der Waals surface area (Å²) in [6.45, 7) is 0. The van der Waals surface area contributed by atoms with Gasteiger partial charge in [-0.15, -0.1) is 0 Å². The lowest BCUT2D eigenvalue weighted by Crippen LogP contribution is -2.10. The third-order valence-corrected chi connectivity index (χ3v) is 3.00. The van der Waals surface area contributed by atoms with Crippen LogP contribution in [0.3, 0.4) is 0 Å². The zero-order valence-corrected chi connectivity index (χ0v) is 11.3. The minimum atomic E-state index is -1.74. The van der Waals surface area contributed by atoms with Gasteiger partial charge in [-0.05, 0) is 0 Å². The Balaban J connectivity index is 2.81.